The summed E-state index contributed by atoms with van der Waals surface area (Å²) in [6.45, 7) is 0. The van der Waals surface area contributed by atoms with Gasteiger partial charge in [-0.15, -0.1) is 11.8 Å². The molecular weight excluding hydrogens is 302 g/mol. The minimum absolute atomic E-state index is 0.0308. The first-order valence-electron chi connectivity index (χ1n) is 5.90. The lowest BCUT2D eigenvalue weighted by Crippen LogP contribution is -2.06. The normalized spacial score (nSPS) is 10.6. The Bertz CT molecular complexity index is 631. The molecule has 2 aromatic carbocycles. The Labute approximate surface area is 125 Å². The van der Waals surface area contributed by atoms with Crippen molar-refractivity contribution in [3.8, 4) is 0 Å². The molecule has 5 heteroatoms. The van der Waals surface area contributed by atoms with Crippen LogP contribution in [-0.2, 0) is 11.2 Å². The van der Waals surface area contributed by atoms with Gasteiger partial charge in [0.1, 0.15) is 17.4 Å². The van der Waals surface area contributed by atoms with Gasteiger partial charge in [0.25, 0.3) is 0 Å². The number of hydrogen-bond donors (Lipinski definition) is 0. The summed E-state index contributed by atoms with van der Waals surface area (Å²) in [6, 6.07) is 10.6. The summed E-state index contributed by atoms with van der Waals surface area (Å²) in [4.78, 5) is 12.3. The molecule has 104 valence electrons. The van der Waals surface area contributed by atoms with Gasteiger partial charge in [0, 0.05) is 11.3 Å². The van der Waals surface area contributed by atoms with Gasteiger partial charge >= 0.3 is 0 Å². The van der Waals surface area contributed by atoms with Crippen LogP contribution >= 0.6 is 23.4 Å². The van der Waals surface area contributed by atoms with E-state index in [4.69, 9.17) is 11.6 Å². The topological polar surface area (TPSA) is 17.1 Å². The Morgan fingerprint density at radius 1 is 1.05 bits per heavy atom. The van der Waals surface area contributed by atoms with Crippen molar-refractivity contribution in [3.63, 3.8) is 0 Å². The average Bonchev–Trinajstić information content (AvgIpc) is 2.43. The van der Waals surface area contributed by atoms with E-state index in [1.807, 2.05) is 0 Å². The standard InChI is InChI=1S/C15H11ClF2OS/c16-15-10(4-3-6-13(15)18)8-11(19)9-20-14-7-2-1-5-12(14)17/h1-7H,8-9H2. The molecule has 0 fully saturated rings. The highest BCUT2D eigenvalue weighted by molar-refractivity contribution is 8.00. The molecule has 0 bridgehead atoms. The predicted molar refractivity (Wildman–Crippen MR) is 77.2 cm³/mol. The van der Waals surface area contributed by atoms with Crippen LogP contribution in [-0.4, -0.2) is 11.5 Å². The highest BCUT2D eigenvalue weighted by Gasteiger charge is 2.11. The van der Waals surface area contributed by atoms with Crippen LogP contribution in [0.4, 0.5) is 8.78 Å². The lowest BCUT2D eigenvalue weighted by Gasteiger charge is -2.05. The second-order valence-corrected chi connectivity index (χ2v) is 5.54. The van der Waals surface area contributed by atoms with E-state index in [0.29, 0.717) is 10.5 Å². The molecule has 1 nitrogen and oxygen atoms in total. The predicted octanol–water partition coefficient (Wildman–Crippen LogP) is 4.52. The highest BCUT2D eigenvalue weighted by Crippen LogP contribution is 2.23. The fraction of sp³-hybridized carbons (Fsp3) is 0.133. The second-order valence-electron chi connectivity index (χ2n) is 4.15. The second kappa shape index (κ2) is 6.86. The van der Waals surface area contributed by atoms with Crippen LogP contribution in [0.3, 0.4) is 0 Å². The van der Waals surface area contributed by atoms with E-state index in [2.05, 4.69) is 0 Å². The van der Waals surface area contributed by atoms with Gasteiger partial charge in [-0.1, -0.05) is 35.9 Å². The number of halogens is 3. The van der Waals surface area contributed by atoms with Crippen molar-refractivity contribution < 1.29 is 13.6 Å². The number of benzene rings is 2. The molecule has 0 aliphatic rings. The molecule has 2 rings (SSSR count). The van der Waals surface area contributed by atoms with Gasteiger partial charge in [0.05, 0.1) is 10.8 Å². The zero-order valence-corrected chi connectivity index (χ0v) is 12.0. The maximum Gasteiger partial charge on any atom is 0.147 e. The number of Topliss-reactive ketones (excluding diaryl/α,β-unsaturated/α-hetero) is 1. The molecule has 0 spiro atoms. The maximum atomic E-state index is 13.4. The van der Waals surface area contributed by atoms with E-state index >= 15 is 0 Å². The zero-order valence-electron chi connectivity index (χ0n) is 10.4. The summed E-state index contributed by atoms with van der Waals surface area (Å²) in [6.07, 6.45) is 0.0397. The van der Waals surface area contributed by atoms with Gasteiger partial charge in [-0.3, -0.25) is 4.79 Å². The number of thioether (sulfide) groups is 1. The maximum absolute atomic E-state index is 13.4. The molecular formula is C15H11ClF2OS. The molecule has 0 aliphatic carbocycles. The molecule has 0 N–H and O–H groups in total. The molecule has 0 aromatic heterocycles. The van der Waals surface area contributed by atoms with Crippen molar-refractivity contribution in [3.05, 3.63) is 64.7 Å². The van der Waals surface area contributed by atoms with Crippen LogP contribution in [0.25, 0.3) is 0 Å². The zero-order chi connectivity index (χ0) is 14.5. The molecule has 0 atom stereocenters. The summed E-state index contributed by atoms with van der Waals surface area (Å²) in [5.41, 5.74) is 0.450. The molecule has 0 saturated heterocycles. The third-order valence-corrected chi connectivity index (χ3v) is 4.18. The van der Waals surface area contributed by atoms with Gasteiger partial charge in [-0.2, -0.15) is 0 Å². The minimum atomic E-state index is -0.543. The van der Waals surface area contributed by atoms with Gasteiger partial charge in [-0.05, 0) is 23.8 Å². The van der Waals surface area contributed by atoms with Crippen LogP contribution in [0.2, 0.25) is 5.02 Å². The fourth-order valence-corrected chi connectivity index (χ4v) is 2.66. The average molecular weight is 313 g/mol. The number of carbonyl (C=O) groups is 1. The number of carbonyl (C=O) groups excluding carboxylic acids is 1. The van der Waals surface area contributed by atoms with Crippen LogP contribution in [0.5, 0.6) is 0 Å². The monoisotopic (exact) mass is 312 g/mol. The van der Waals surface area contributed by atoms with E-state index < -0.39 is 5.82 Å². The van der Waals surface area contributed by atoms with Gasteiger partial charge in [-0.25, -0.2) is 8.78 Å². The Morgan fingerprint density at radius 2 is 1.75 bits per heavy atom. The van der Waals surface area contributed by atoms with Gasteiger partial charge in [0.15, 0.2) is 0 Å². The van der Waals surface area contributed by atoms with Crippen LogP contribution < -0.4 is 0 Å². The summed E-state index contributed by atoms with van der Waals surface area (Å²) in [7, 11) is 0. The quantitative estimate of drug-likeness (QED) is 0.755. The molecule has 0 saturated carbocycles. The van der Waals surface area contributed by atoms with Crippen molar-refractivity contribution in [2.45, 2.75) is 11.3 Å². The van der Waals surface area contributed by atoms with Gasteiger partial charge in [0.2, 0.25) is 0 Å². The Morgan fingerprint density at radius 3 is 2.50 bits per heavy atom. The lowest BCUT2D eigenvalue weighted by molar-refractivity contribution is -0.116. The van der Waals surface area contributed by atoms with E-state index in [0.717, 1.165) is 11.8 Å². The molecule has 2 aromatic rings. The number of ketones is 1. The van der Waals surface area contributed by atoms with Gasteiger partial charge < -0.3 is 0 Å². The van der Waals surface area contributed by atoms with Crippen molar-refractivity contribution in [2.24, 2.45) is 0 Å². The summed E-state index contributed by atoms with van der Waals surface area (Å²) < 4.78 is 26.6. The molecule has 0 aliphatic heterocycles. The van der Waals surface area contributed by atoms with Crippen molar-refractivity contribution in [1.82, 2.24) is 0 Å². The Balaban J connectivity index is 1.96. The first-order chi connectivity index (χ1) is 9.58. The summed E-state index contributed by atoms with van der Waals surface area (Å²) >= 11 is 6.91. The van der Waals surface area contributed by atoms with E-state index in [1.54, 1.807) is 24.3 Å². The smallest absolute Gasteiger partial charge is 0.147 e. The first-order valence-corrected chi connectivity index (χ1v) is 7.26. The number of rotatable bonds is 5. The molecule has 0 unspecified atom stereocenters. The van der Waals surface area contributed by atoms with Crippen LogP contribution in [0, 0.1) is 11.6 Å². The fourth-order valence-electron chi connectivity index (χ4n) is 1.67. The van der Waals surface area contributed by atoms with Crippen molar-refractivity contribution in [2.75, 3.05) is 5.75 Å². The molecule has 0 heterocycles. The van der Waals surface area contributed by atoms with Crippen molar-refractivity contribution in [1.29, 1.82) is 0 Å². The third kappa shape index (κ3) is 3.81. The van der Waals surface area contributed by atoms with Crippen molar-refractivity contribution >= 4 is 29.1 Å². The Kier molecular flexibility index (Phi) is 5.15. The molecule has 0 amide bonds. The largest absolute Gasteiger partial charge is 0.298 e. The SMILES string of the molecule is O=C(CSc1ccccc1F)Cc1cccc(F)c1Cl. The lowest BCUT2D eigenvalue weighted by atomic mass is 10.1. The van der Waals surface area contributed by atoms with E-state index in [9.17, 15) is 13.6 Å². The Hall–Kier alpha value is -1.39. The third-order valence-electron chi connectivity index (χ3n) is 2.64. The minimum Gasteiger partial charge on any atom is -0.298 e. The highest BCUT2D eigenvalue weighted by atomic mass is 35.5. The molecule has 0 radical (unpaired) electrons. The van der Waals surface area contributed by atoms with Crippen LogP contribution in [0.1, 0.15) is 5.56 Å². The van der Waals surface area contributed by atoms with Crippen LogP contribution in [0.15, 0.2) is 47.4 Å². The molecule has 20 heavy (non-hydrogen) atoms. The summed E-state index contributed by atoms with van der Waals surface area (Å²) in [5, 5.41) is -0.0308. The first kappa shape index (κ1) is 15.0. The summed E-state index contributed by atoms with van der Waals surface area (Å²) in [5.74, 6) is -0.910. The van der Waals surface area contributed by atoms with E-state index in [-0.39, 0.29) is 28.8 Å². The number of hydrogen-bond acceptors (Lipinski definition) is 2. The van der Waals surface area contributed by atoms with E-state index in [1.165, 1.54) is 18.2 Å².